The van der Waals surface area contributed by atoms with Crippen LogP contribution in [0.3, 0.4) is 0 Å². The Morgan fingerprint density at radius 2 is 2.08 bits per heavy atom. The fourth-order valence-corrected chi connectivity index (χ4v) is 4.42. The highest BCUT2D eigenvalue weighted by Crippen LogP contribution is 2.49. The summed E-state index contributed by atoms with van der Waals surface area (Å²) in [7, 11) is 0. The smallest absolute Gasteiger partial charge is 0.168 e. The van der Waals surface area contributed by atoms with Gasteiger partial charge in [-0.15, -0.1) is 13.2 Å². The number of anilines is 1. The molecular weight excluding hydrogens is 339 g/mol. The van der Waals surface area contributed by atoms with E-state index in [9.17, 15) is 10.2 Å². The first-order valence-electron chi connectivity index (χ1n) is 8.28. The van der Waals surface area contributed by atoms with Crippen molar-refractivity contribution < 1.29 is 14.9 Å². The summed E-state index contributed by atoms with van der Waals surface area (Å²) in [5.74, 6) is 0. The maximum absolute atomic E-state index is 11.0. The van der Waals surface area contributed by atoms with Crippen LogP contribution in [0.4, 0.5) is 5.69 Å². The topological polar surface area (TPSA) is 106 Å². The molecule has 0 saturated carbocycles. The molecule has 4 atom stereocenters. The van der Waals surface area contributed by atoms with Crippen LogP contribution in [0.25, 0.3) is 11.2 Å². The summed E-state index contributed by atoms with van der Waals surface area (Å²) in [6, 6.07) is 1.67. The molecule has 1 aliphatic rings. The fraction of sp³-hybridized carbons (Fsp3) is 0.588. The van der Waals surface area contributed by atoms with Crippen LogP contribution in [-0.2, 0) is 4.74 Å². The van der Waals surface area contributed by atoms with E-state index in [2.05, 4.69) is 29.6 Å². The second-order valence-corrected chi connectivity index (χ2v) is 12.4. The zero-order valence-corrected chi connectivity index (χ0v) is 16.1. The largest absolute Gasteiger partial charge is 0.397 e. The third-order valence-electron chi connectivity index (χ3n) is 4.97. The fourth-order valence-electron chi connectivity index (χ4n) is 3.38. The molecule has 1 aliphatic heterocycles. The van der Waals surface area contributed by atoms with Gasteiger partial charge in [-0.25, -0.2) is 9.97 Å². The minimum atomic E-state index is -1.49. The lowest BCUT2D eigenvalue weighted by molar-refractivity contribution is -0.105. The van der Waals surface area contributed by atoms with E-state index in [1.54, 1.807) is 30.1 Å². The molecule has 0 unspecified atom stereocenters. The Labute approximate surface area is 147 Å². The third kappa shape index (κ3) is 3.10. The molecule has 0 aliphatic carbocycles. The van der Waals surface area contributed by atoms with Crippen LogP contribution in [0.15, 0.2) is 18.6 Å². The molecule has 7 nitrogen and oxygen atoms in total. The first-order chi connectivity index (χ1) is 11.5. The van der Waals surface area contributed by atoms with Crippen molar-refractivity contribution in [3.8, 4) is 0 Å². The number of nitrogens with zero attached hydrogens (tertiary/aromatic N) is 3. The molecule has 3 rings (SSSR count). The van der Waals surface area contributed by atoms with Crippen LogP contribution in [0.2, 0.25) is 0 Å². The Bertz CT molecular complexity index is 844. The molecule has 8 heteroatoms. The first kappa shape index (κ1) is 18.4. The predicted molar refractivity (Wildman–Crippen MR) is 102 cm³/mol. The number of fused-ring (bicyclic) bond motifs is 1. The van der Waals surface area contributed by atoms with E-state index in [1.165, 1.54) is 0 Å². The van der Waals surface area contributed by atoms with Crippen LogP contribution in [0, 0.1) is 0 Å². The van der Waals surface area contributed by atoms with E-state index < -0.39 is 30.4 Å². The van der Waals surface area contributed by atoms with Crippen molar-refractivity contribution in [2.75, 3.05) is 25.2 Å². The number of aromatic nitrogens is 3. The molecule has 0 spiro atoms. The number of hydrogen-bond donors (Lipinski definition) is 3. The zero-order valence-electron chi connectivity index (χ0n) is 15.2. The monoisotopic (exact) mass is 366 g/mol. The minimum absolute atomic E-state index is 0.508. The van der Waals surface area contributed by atoms with Gasteiger partial charge >= 0.3 is 0 Å². The molecule has 1 fully saturated rings. The van der Waals surface area contributed by atoms with Crippen molar-refractivity contribution in [3.05, 3.63) is 18.6 Å². The SMILES string of the molecule is C=P(C)(C)CC[C@@]1(C)O[C@@H](n2cnc3c(N)ccnc32)[C@](C)(O)[C@@H]1O. The maximum Gasteiger partial charge on any atom is 0.168 e. The van der Waals surface area contributed by atoms with E-state index in [0.717, 1.165) is 6.16 Å². The number of pyridine rings is 1. The highest BCUT2D eigenvalue weighted by atomic mass is 31.2. The molecule has 0 aromatic carbocycles. The van der Waals surface area contributed by atoms with Gasteiger partial charge in [0.15, 0.2) is 11.9 Å². The van der Waals surface area contributed by atoms with Crippen molar-refractivity contribution in [1.82, 2.24) is 14.5 Å². The molecule has 138 valence electrons. The van der Waals surface area contributed by atoms with Gasteiger partial charge in [-0.3, -0.25) is 4.57 Å². The van der Waals surface area contributed by atoms with Crippen molar-refractivity contribution >= 4 is 30.0 Å². The maximum atomic E-state index is 11.0. The van der Waals surface area contributed by atoms with E-state index in [-0.39, 0.29) is 0 Å². The number of nitrogens with two attached hydrogens (primary N) is 1. The molecule has 2 aromatic rings. The van der Waals surface area contributed by atoms with E-state index >= 15 is 0 Å². The average Bonchev–Trinajstić information content (AvgIpc) is 3.00. The zero-order chi connectivity index (χ0) is 18.6. The molecule has 3 heterocycles. The summed E-state index contributed by atoms with van der Waals surface area (Å²) in [4.78, 5) is 8.60. The Kier molecular flexibility index (Phi) is 4.27. The predicted octanol–water partition coefficient (Wildman–Crippen LogP) is 1.51. The van der Waals surface area contributed by atoms with Crippen LogP contribution in [0.1, 0.15) is 26.5 Å². The summed E-state index contributed by atoms with van der Waals surface area (Å²) in [6.07, 6.45) is 6.97. The highest BCUT2D eigenvalue weighted by Gasteiger charge is 2.59. The van der Waals surface area contributed by atoms with E-state index in [4.69, 9.17) is 10.5 Å². The molecule has 0 bridgehead atoms. The number of ether oxygens (including phenoxy) is 1. The highest BCUT2D eigenvalue weighted by molar-refractivity contribution is 7.72. The number of nitrogen functional groups attached to an aromatic ring is 1. The Hall–Kier alpha value is -1.40. The van der Waals surface area contributed by atoms with Crippen LogP contribution in [-0.4, -0.2) is 67.8 Å². The number of hydrogen-bond acceptors (Lipinski definition) is 6. The lowest BCUT2D eigenvalue weighted by Gasteiger charge is -2.31. The van der Waals surface area contributed by atoms with Crippen LogP contribution in [0.5, 0.6) is 0 Å². The van der Waals surface area contributed by atoms with Gasteiger partial charge in [0.2, 0.25) is 0 Å². The minimum Gasteiger partial charge on any atom is -0.397 e. The van der Waals surface area contributed by atoms with E-state index in [0.29, 0.717) is 23.3 Å². The Balaban J connectivity index is 1.99. The molecule has 25 heavy (non-hydrogen) atoms. The summed E-state index contributed by atoms with van der Waals surface area (Å²) in [5.41, 5.74) is 5.16. The number of rotatable bonds is 4. The Morgan fingerprint density at radius 3 is 2.72 bits per heavy atom. The molecular formula is C17H27N4O3P. The number of aliphatic hydroxyl groups excluding tert-OH is 1. The standard InChI is InChI=1S/C17H27N4O3P/c1-16(7-9-25(3,4)5)14(22)17(2,23)15(24-16)21-10-20-12-11(18)6-8-19-13(12)21/h6,8,10,14-15,22-23H,3,7,9H2,1-2,4-5H3,(H2,18,19)/t14-,15-,16-,17-/m1/s1. The van der Waals surface area contributed by atoms with E-state index in [1.807, 2.05) is 6.92 Å². The lowest BCUT2D eigenvalue weighted by atomic mass is 9.87. The lowest BCUT2D eigenvalue weighted by Crippen LogP contribution is -2.48. The average molecular weight is 366 g/mol. The number of imidazole rings is 1. The van der Waals surface area contributed by atoms with Gasteiger partial charge in [-0.1, -0.05) is 0 Å². The molecule has 2 aromatic heterocycles. The van der Waals surface area contributed by atoms with Crippen LogP contribution >= 0.6 is 6.89 Å². The van der Waals surface area contributed by atoms with Gasteiger partial charge in [0, 0.05) is 6.20 Å². The van der Waals surface area contributed by atoms with Gasteiger partial charge in [-0.2, -0.15) is 0 Å². The molecule has 4 N–H and O–H groups in total. The normalized spacial score (nSPS) is 33.2. The van der Waals surface area contributed by atoms with Crippen molar-refractivity contribution in [2.45, 2.75) is 43.8 Å². The van der Waals surface area contributed by atoms with Gasteiger partial charge < -0.3 is 20.7 Å². The summed E-state index contributed by atoms with van der Waals surface area (Å²) >= 11 is 0. The molecule has 0 radical (unpaired) electrons. The van der Waals surface area contributed by atoms with Crippen molar-refractivity contribution in [3.63, 3.8) is 0 Å². The number of aliphatic hydroxyl groups is 2. The quantitative estimate of drug-likeness (QED) is 0.708. The summed E-state index contributed by atoms with van der Waals surface area (Å²) in [5, 5.41) is 21.8. The van der Waals surface area contributed by atoms with Crippen molar-refractivity contribution in [1.29, 1.82) is 0 Å². The summed E-state index contributed by atoms with van der Waals surface area (Å²) in [6.45, 7) is 6.42. The Morgan fingerprint density at radius 1 is 1.40 bits per heavy atom. The van der Waals surface area contributed by atoms with Gasteiger partial charge in [0.25, 0.3) is 0 Å². The van der Waals surface area contributed by atoms with Gasteiger partial charge in [-0.05, 0) is 45.8 Å². The first-order valence-corrected chi connectivity index (χ1v) is 11.3. The summed E-state index contributed by atoms with van der Waals surface area (Å²) < 4.78 is 7.84. The second-order valence-electron chi connectivity index (χ2n) is 8.04. The van der Waals surface area contributed by atoms with Gasteiger partial charge in [0.1, 0.15) is 17.2 Å². The molecule has 1 saturated heterocycles. The molecule has 0 amide bonds. The van der Waals surface area contributed by atoms with Crippen molar-refractivity contribution in [2.24, 2.45) is 0 Å². The van der Waals surface area contributed by atoms with Gasteiger partial charge in [0.05, 0.1) is 17.6 Å². The second kappa shape index (κ2) is 5.81. The van der Waals surface area contributed by atoms with Crippen LogP contribution < -0.4 is 5.73 Å². The third-order valence-corrected chi connectivity index (χ3v) is 6.41.